The van der Waals surface area contributed by atoms with E-state index in [1.807, 2.05) is 148 Å². The molecule has 3 saturated heterocycles. The second-order valence-electron chi connectivity index (χ2n) is 38.0. The zero-order chi connectivity index (χ0) is 106. The highest BCUT2D eigenvalue weighted by atomic mass is 31.2. The highest BCUT2D eigenvalue weighted by molar-refractivity contribution is 7.52. The normalized spacial score (nSPS) is 23.2. The van der Waals surface area contributed by atoms with Crippen molar-refractivity contribution in [1.82, 2.24) is 73.8 Å². The van der Waals surface area contributed by atoms with E-state index < -0.39 is 175 Å². The van der Waals surface area contributed by atoms with Gasteiger partial charge in [-0.25, -0.2) is 28.6 Å². The number of ether oxygens (including phenoxy) is 8. The molecule has 17 rings (SSSR count). The van der Waals surface area contributed by atoms with Crippen LogP contribution in [0.4, 0.5) is 17.8 Å². The van der Waals surface area contributed by atoms with E-state index >= 15 is 0 Å². The van der Waals surface area contributed by atoms with Crippen molar-refractivity contribution in [2.24, 2.45) is 17.3 Å². The first-order valence-electron chi connectivity index (χ1n) is 46.9. The molecule has 6 unspecified atom stereocenters. The Hall–Kier alpha value is -13.1. The van der Waals surface area contributed by atoms with Crippen molar-refractivity contribution in [2.45, 2.75) is 192 Å². The second kappa shape index (κ2) is 44.5. The maximum absolute atomic E-state index is 14.8. The molecule has 3 aliphatic heterocycles. The lowest BCUT2D eigenvalue weighted by Crippen LogP contribution is -2.45. The summed E-state index contributed by atoms with van der Waals surface area (Å²) in [7, 11) is -10.5. The summed E-state index contributed by atoms with van der Waals surface area (Å²) in [5.74, 6) is -2.31. The molecule has 16 N–H and O–H groups in total. The average molecular weight is 2090 g/mol. The van der Waals surface area contributed by atoms with Gasteiger partial charge in [0, 0.05) is 16.2 Å². The molecular formula is C99H119N18O27P3. The molecule has 6 aromatic heterocycles. The quantitative estimate of drug-likeness (QED) is 0.00985. The Morgan fingerprint density at radius 3 is 1.14 bits per heavy atom. The topological polar surface area (TPSA) is 618 Å². The van der Waals surface area contributed by atoms with E-state index in [2.05, 4.69) is 60.1 Å². The molecule has 0 bridgehead atoms. The van der Waals surface area contributed by atoms with Crippen molar-refractivity contribution in [3.05, 3.63) is 229 Å². The average Bonchev–Trinajstić information content (AvgIpc) is 1.60. The third-order valence-corrected chi connectivity index (χ3v) is 29.4. The van der Waals surface area contributed by atoms with Gasteiger partial charge in [-0.2, -0.15) is 40.2 Å². The SMILES string of the molecule is COc1nc(N)nc2c1ncn2C1O[C@H](COP(=O)(N[C@H](C(=O)OCC(C)(C)C)C(C)C)Oc2cccc3ccccc23)[C@@H](O)[C@@]1(C)O.COc1nc(N)nc2c1ncn2C1O[C@H](COP(=O)(N[C@H](C(=O)O[C@@H](C)c2ccccc2)C(C)C)Oc2cccc3ccccc23)[C@@H](O)[C@@]1(C)O.C[C@H](NP(=O)(OC[C@H]1OC(n2cnc3c(=O)[nH]c(N)nc32)[C@](C)(O)[C@@H]1O)Oc1cccc2ccccc12)C(=O)O[C@@H](C)c1ccccc1. The largest absolute Gasteiger partial charge is 0.479 e. The molecule has 3 fully saturated rings. The lowest BCUT2D eigenvalue weighted by molar-refractivity contribution is -0.152. The van der Waals surface area contributed by atoms with Crippen LogP contribution in [0.1, 0.15) is 132 Å². The van der Waals surface area contributed by atoms with Gasteiger partial charge in [-0.3, -0.25) is 51.4 Å². The zero-order valence-electron chi connectivity index (χ0n) is 82.9. The number of aromatic amines is 1. The number of imidazole rings is 3. The number of methoxy groups -OCH3 is 2. The molecule has 9 heterocycles. The minimum Gasteiger partial charge on any atom is -0.479 e. The molecular weight excluding hydrogens is 1970 g/mol. The van der Waals surface area contributed by atoms with E-state index in [1.165, 1.54) is 74.6 Å². The molecule has 48 heteroatoms. The monoisotopic (exact) mass is 2080 g/mol. The van der Waals surface area contributed by atoms with E-state index in [0.29, 0.717) is 16.2 Å². The number of rotatable bonds is 36. The van der Waals surface area contributed by atoms with Crippen LogP contribution < -0.4 is 61.1 Å². The van der Waals surface area contributed by atoms with Crippen molar-refractivity contribution in [2.75, 3.05) is 57.8 Å². The highest BCUT2D eigenvalue weighted by Crippen LogP contribution is 2.54. The number of anilines is 3. The fourth-order valence-electron chi connectivity index (χ4n) is 16.8. The number of H-pyrrole nitrogens is 1. The fraction of sp³-hybridized carbons (Fsp3) is 0.394. The number of esters is 3. The Balaban J connectivity index is 0.000000165. The Bertz CT molecular complexity index is 7270. The molecule has 8 aromatic carbocycles. The number of aromatic nitrogens is 12. The van der Waals surface area contributed by atoms with E-state index in [-0.39, 0.29) is 98.3 Å². The fourth-order valence-corrected chi connectivity index (χ4v) is 21.6. The van der Waals surface area contributed by atoms with Crippen molar-refractivity contribution in [1.29, 1.82) is 0 Å². The van der Waals surface area contributed by atoms with Crippen molar-refractivity contribution < 1.29 is 124 Å². The van der Waals surface area contributed by atoms with Crippen molar-refractivity contribution >= 4 is 125 Å². The summed E-state index contributed by atoms with van der Waals surface area (Å²) < 4.78 is 130. The minimum atomic E-state index is -4.48. The number of hydrogen-bond donors (Lipinski definition) is 13. The Morgan fingerprint density at radius 1 is 0.449 bits per heavy atom. The van der Waals surface area contributed by atoms with Crippen LogP contribution >= 0.6 is 23.2 Å². The van der Waals surface area contributed by atoms with Gasteiger partial charge in [0.25, 0.3) is 5.56 Å². The van der Waals surface area contributed by atoms with Gasteiger partial charge in [0.1, 0.15) is 101 Å². The number of carbonyl (C=O) groups excluding carboxylic acids is 3. The number of nitrogens with zero attached hydrogens (tertiary/aromatic N) is 11. The Labute approximate surface area is 843 Å². The van der Waals surface area contributed by atoms with Gasteiger partial charge in [0.05, 0.1) is 59.6 Å². The van der Waals surface area contributed by atoms with Crippen LogP contribution in [0.5, 0.6) is 29.0 Å². The lowest BCUT2D eigenvalue weighted by atomic mass is 9.96. The molecule has 147 heavy (non-hydrogen) atoms. The van der Waals surface area contributed by atoms with Gasteiger partial charge in [0.15, 0.2) is 52.2 Å². The Morgan fingerprint density at radius 2 is 0.776 bits per heavy atom. The first kappa shape index (κ1) is 108. The summed E-state index contributed by atoms with van der Waals surface area (Å²) >= 11 is 0. The minimum absolute atomic E-state index is 0.0130. The third kappa shape index (κ3) is 24.2. The molecule has 20 atom stereocenters. The lowest BCUT2D eigenvalue weighted by Gasteiger charge is -2.29. The van der Waals surface area contributed by atoms with Crippen LogP contribution in [0.15, 0.2) is 212 Å². The van der Waals surface area contributed by atoms with Gasteiger partial charge >= 0.3 is 41.1 Å². The van der Waals surface area contributed by atoms with E-state index in [4.69, 9.17) is 82.2 Å². The summed E-state index contributed by atoms with van der Waals surface area (Å²) in [6.07, 6.45) is -9.45. The molecule has 0 radical (unpaired) electrons. The summed E-state index contributed by atoms with van der Waals surface area (Å²) in [4.78, 5) is 87.9. The first-order valence-corrected chi connectivity index (χ1v) is 51.6. The number of carbonyl (C=O) groups is 3. The molecule has 45 nitrogen and oxygen atoms in total. The van der Waals surface area contributed by atoms with Crippen LogP contribution in [-0.4, -0.2) is 219 Å². The van der Waals surface area contributed by atoms with Gasteiger partial charge in [-0.15, -0.1) is 0 Å². The predicted molar refractivity (Wildman–Crippen MR) is 540 cm³/mol. The molecule has 14 aromatic rings. The molecule has 3 aliphatic rings. The third-order valence-electron chi connectivity index (χ3n) is 24.7. The van der Waals surface area contributed by atoms with E-state index in [1.54, 1.807) is 102 Å². The molecule has 0 saturated carbocycles. The Kier molecular flexibility index (Phi) is 32.7. The molecule has 0 aliphatic carbocycles. The zero-order valence-corrected chi connectivity index (χ0v) is 85.6. The number of fused-ring (bicyclic) bond motifs is 6. The van der Waals surface area contributed by atoms with E-state index in [9.17, 15) is 63.5 Å². The number of benzene rings is 8. The standard InChI is InChI=1S/C35H41N6O9P.C32H35N6O9P.C32H43N6O9P/c1-20(2)27(32(43)48-21(3)22-12-7-6-8-13-22)40-51(45,50-25-17-11-15-23-14-9-10-16-24(23)25)47-18-26-29(42)35(4,44)33(49-26)41-19-37-28-30(41)38-34(36)39-31(28)46-5;1-18(29(41)45-19(2)20-10-5-4-6-11-20)37-48(43,47-23-15-9-13-21-12-7-8-14-22(21)23)44-16-24-26(39)32(3,42)30(46-24)38-17-34-25-27(38)35-31(33)36-28(25)40;1-18(2)23(28(40)44-16-31(3,4)5)37-48(42,47-21-14-10-12-19-11-8-9-13-20(19)21)45-15-22-25(39)32(6,41)29(46-22)38-17-34-24-26(38)35-30(33)36-27(24)43-7/h6-17,19-21,26-27,29,33,42,44H,18H2,1-5H3,(H,40,45)(H2,36,38,39);4-15,17-19,24,26,30,39,42H,16H2,1-3H3,(H,37,43)(H3,33,35,36,40);8-14,17-18,22-23,25,29,39,41H,15-16H2,1-7H3,(H,37,42)(H2,33,35,36)/t21-,26+,27-,29+,33?,35+,51?;18-,19-,24+,26+,30?,32+,48?;22-,23+,25-,29?,32-,48?/m001/s1. The first-order chi connectivity index (χ1) is 69.7. The number of aliphatic hydroxyl groups excluding tert-OH is 3. The van der Waals surface area contributed by atoms with Crippen LogP contribution in [0.2, 0.25) is 0 Å². The molecule has 0 spiro atoms. The number of nitrogens with one attached hydrogen (secondary N) is 4. The number of nitrogens with two attached hydrogens (primary N) is 3. The number of nitrogen functional groups attached to an aromatic ring is 3. The second-order valence-corrected chi connectivity index (χ2v) is 43.1. The summed E-state index contributed by atoms with van der Waals surface area (Å²) in [5.41, 5.74) is 13.2. The van der Waals surface area contributed by atoms with Crippen LogP contribution in [0, 0.1) is 17.3 Å². The van der Waals surface area contributed by atoms with Gasteiger partial charge in [-0.05, 0) is 104 Å². The maximum Gasteiger partial charge on any atom is 0.459 e. The number of hydrogen-bond acceptors (Lipinski definition) is 38. The van der Waals surface area contributed by atoms with Crippen molar-refractivity contribution in [3.63, 3.8) is 0 Å². The van der Waals surface area contributed by atoms with Gasteiger partial charge < -0.3 is 99.3 Å². The van der Waals surface area contributed by atoms with E-state index in [0.717, 1.165) is 27.3 Å². The predicted octanol–water partition coefficient (Wildman–Crippen LogP) is 12.0. The van der Waals surface area contributed by atoms with Crippen molar-refractivity contribution in [3.8, 4) is 29.0 Å². The molecule has 782 valence electrons. The van der Waals surface area contributed by atoms with Gasteiger partial charge in [-0.1, -0.05) is 218 Å². The highest BCUT2D eigenvalue weighted by Gasteiger charge is 2.58. The smallest absolute Gasteiger partial charge is 0.459 e. The summed E-state index contributed by atoms with van der Waals surface area (Å²) in [5, 5.41) is 80.7. The summed E-state index contributed by atoms with van der Waals surface area (Å²) in [6, 6.07) is 52.6. The van der Waals surface area contributed by atoms with Crippen LogP contribution in [0.3, 0.4) is 0 Å². The van der Waals surface area contributed by atoms with Crippen LogP contribution in [-0.2, 0) is 70.1 Å². The van der Waals surface area contributed by atoms with Gasteiger partial charge in [0.2, 0.25) is 29.6 Å². The number of aliphatic hydroxyl groups is 6. The van der Waals surface area contributed by atoms with Crippen LogP contribution in [0.25, 0.3) is 65.8 Å². The molecule has 0 amide bonds. The maximum atomic E-state index is 14.8. The summed E-state index contributed by atoms with van der Waals surface area (Å²) in [6.45, 7) is 20.4.